The summed E-state index contributed by atoms with van der Waals surface area (Å²) < 4.78 is 28.6. The summed E-state index contributed by atoms with van der Waals surface area (Å²) in [6.45, 7) is 2.74. The Balaban J connectivity index is 1.38. The van der Waals surface area contributed by atoms with Crippen LogP contribution < -0.4 is 10.1 Å². The van der Waals surface area contributed by atoms with Gasteiger partial charge in [0, 0.05) is 53.3 Å². The van der Waals surface area contributed by atoms with Crippen molar-refractivity contribution in [3.8, 4) is 16.9 Å². The van der Waals surface area contributed by atoms with Crippen LogP contribution >= 0.6 is 0 Å². The molecule has 1 aliphatic heterocycles. The highest BCUT2D eigenvalue weighted by Crippen LogP contribution is 2.32. The summed E-state index contributed by atoms with van der Waals surface area (Å²) in [6.07, 6.45) is 5.70. The average Bonchev–Trinajstić information content (AvgIpc) is 3.64. The number of nitrogens with zero attached hydrogens (tertiary/aromatic N) is 6. The maximum absolute atomic E-state index is 14.6. The topological polar surface area (TPSA) is 108 Å². The molecule has 0 aliphatic carbocycles. The van der Waals surface area contributed by atoms with Gasteiger partial charge in [0.05, 0.1) is 25.8 Å². The molecule has 0 amide bonds. The van der Waals surface area contributed by atoms with Crippen LogP contribution in [0.5, 0.6) is 5.75 Å². The molecule has 4 aromatic heterocycles. The minimum Gasteiger partial charge on any atom is -0.493 e. The predicted octanol–water partition coefficient (Wildman–Crippen LogP) is 3.15. The summed E-state index contributed by atoms with van der Waals surface area (Å²) in [5, 5.41) is 11.6. The summed E-state index contributed by atoms with van der Waals surface area (Å²) in [7, 11) is 1.36. The van der Waals surface area contributed by atoms with Crippen molar-refractivity contribution in [3.63, 3.8) is 0 Å². The standard InChI is InChI=1S/C25H22FN7O3/c1-14-3-4-17(23-27-10-15(33(14)23)9-22(34)35-2)19-12-29-25(32-13-30-31-24(19)32)28-11-18-16-7-8-36-21(16)6-5-20(18)26/h3-6,10,12-13H,7-9,11H2,1-2H3,(H,28,29). The first-order valence-corrected chi connectivity index (χ1v) is 11.4. The third-order valence-electron chi connectivity index (χ3n) is 6.46. The fourth-order valence-corrected chi connectivity index (χ4v) is 4.69. The number of halogens is 1. The van der Waals surface area contributed by atoms with Crippen molar-refractivity contribution in [2.75, 3.05) is 19.0 Å². The van der Waals surface area contributed by atoms with E-state index >= 15 is 0 Å². The van der Waals surface area contributed by atoms with Crippen molar-refractivity contribution in [2.24, 2.45) is 0 Å². The fourth-order valence-electron chi connectivity index (χ4n) is 4.69. The second-order valence-corrected chi connectivity index (χ2v) is 8.52. The average molecular weight is 487 g/mol. The number of benzene rings is 1. The van der Waals surface area contributed by atoms with Gasteiger partial charge in [-0.3, -0.25) is 9.20 Å². The van der Waals surface area contributed by atoms with Crippen LogP contribution in [-0.4, -0.2) is 48.7 Å². The largest absolute Gasteiger partial charge is 0.493 e. The number of anilines is 1. The second kappa shape index (κ2) is 8.59. The smallest absolute Gasteiger partial charge is 0.311 e. The Labute approximate surface area is 204 Å². The van der Waals surface area contributed by atoms with Crippen LogP contribution in [0.15, 0.2) is 43.0 Å². The van der Waals surface area contributed by atoms with Crippen LogP contribution in [0.4, 0.5) is 10.3 Å². The van der Waals surface area contributed by atoms with E-state index in [9.17, 15) is 9.18 Å². The van der Waals surface area contributed by atoms with Crippen molar-refractivity contribution in [1.82, 2.24) is 29.0 Å². The van der Waals surface area contributed by atoms with Gasteiger partial charge in [0.2, 0.25) is 5.95 Å². The molecule has 10 nitrogen and oxygen atoms in total. The van der Waals surface area contributed by atoms with Crippen molar-refractivity contribution >= 4 is 23.2 Å². The zero-order valence-electron chi connectivity index (χ0n) is 19.7. The molecule has 1 aromatic carbocycles. The lowest BCUT2D eigenvalue weighted by Crippen LogP contribution is -2.10. The molecule has 0 fully saturated rings. The van der Waals surface area contributed by atoms with E-state index in [1.807, 2.05) is 23.5 Å². The highest BCUT2D eigenvalue weighted by Gasteiger charge is 2.21. The minimum atomic E-state index is -0.342. The zero-order chi connectivity index (χ0) is 24.8. The Kier molecular flexibility index (Phi) is 5.24. The van der Waals surface area contributed by atoms with Gasteiger partial charge in [0.15, 0.2) is 5.65 Å². The minimum absolute atomic E-state index is 0.105. The molecule has 36 heavy (non-hydrogen) atoms. The van der Waals surface area contributed by atoms with Crippen LogP contribution in [0.25, 0.3) is 22.4 Å². The lowest BCUT2D eigenvalue weighted by Gasteiger charge is -2.13. The summed E-state index contributed by atoms with van der Waals surface area (Å²) >= 11 is 0. The SMILES string of the molecule is COC(=O)Cc1cnc2c(-c3cnc(NCc4c(F)ccc5c4CCO5)n4cnnc34)ccc(C)n12. The first-order valence-electron chi connectivity index (χ1n) is 11.4. The fraction of sp³-hybridized carbons (Fsp3) is 0.240. The molecule has 11 heteroatoms. The number of hydrogen-bond donors (Lipinski definition) is 1. The molecular formula is C25H22FN7O3. The molecule has 0 atom stereocenters. The van der Waals surface area contributed by atoms with E-state index in [-0.39, 0.29) is 24.8 Å². The van der Waals surface area contributed by atoms with Gasteiger partial charge in [-0.05, 0) is 31.2 Å². The van der Waals surface area contributed by atoms with Gasteiger partial charge >= 0.3 is 5.97 Å². The third-order valence-corrected chi connectivity index (χ3v) is 6.46. The maximum Gasteiger partial charge on any atom is 0.311 e. The van der Waals surface area contributed by atoms with Crippen molar-refractivity contribution in [1.29, 1.82) is 0 Å². The number of aryl methyl sites for hydroxylation is 1. The van der Waals surface area contributed by atoms with Gasteiger partial charge in [-0.2, -0.15) is 0 Å². The lowest BCUT2D eigenvalue weighted by atomic mass is 10.0. The molecule has 0 saturated carbocycles. The maximum atomic E-state index is 14.6. The van der Waals surface area contributed by atoms with Gasteiger partial charge in [-0.1, -0.05) is 0 Å². The molecule has 5 aromatic rings. The molecule has 6 rings (SSSR count). The van der Waals surface area contributed by atoms with Gasteiger partial charge in [0.1, 0.15) is 23.5 Å². The van der Waals surface area contributed by atoms with Gasteiger partial charge in [-0.25, -0.2) is 14.4 Å². The molecule has 182 valence electrons. The predicted molar refractivity (Wildman–Crippen MR) is 128 cm³/mol. The summed E-state index contributed by atoms with van der Waals surface area (Å²) in [5.41, 5.74) is 5.84. The number of carbonyl (C=O) groups excluding carboxylic acids is 1. The molecule has 1 aliphatic rings. The lowest BCUT2D eigenvalue weighted by molar-refractivity contribution is -0.139. The third kappa shape index (κ3) is 3.51. The molecule has 0 spiro atoms. The Bertz CT molecular complexity index is 1640. The molecule has 0 bridgehead atoms. The monoisotopic (exact) mass is 487 g/mol. The summed E-state index contributed by atoms with van der Waals surface area (Å²) in [6, 6.07) is 6.99. The van der Waals surface area contributed by atoms with Gasteiger partial charge in [0.25, 0.3) is 0 Å². The van der Waals surface area contributed by atoms with E-state index in [2.05, 4.69) is 25.5 Å². The molecule has 1 N–H and O–H groups in total. The number of esters is 1. The van der Waals surface area contributed by atoms with Gasteiger partial charge < -0.3 is 19.2 Å². The molecule has 5 heterocycles. The highest BCUT2D eigenvalue weighted by atomic mass is 19.1. The van der Waals surface area contributed by atoms with Crippen molar-refractivity contribution in [2.45, 2.75) is 26.3 Å². The Morgan fingerprint density at radius 2 is 2.06 bits per heavy atom. The van der Waals surface area contributed by atoms with E-state index in [4.69, 9.17) is 9.47 Å². The highest BCUT2D eigenvalue weighted by molar-refractivity contribution is 5.86. The molecule has 0 radical (unpaired) electrons. The number of pyridine rings is 1. The molecule has 0 unspecified atom stereocenters. The van der Waals surface area contributed by atoms with E-state index in [0.29, 0.717) is 35.8 Å². The second-order valence-electron chi connectivity index (χ2n) is 8.52. The van der Waals surface area contributed by atoms with Crippen molar-refractivity contribution in [3.05, 3.63) is 71.3 Å². The van der Waals surface area contributed by atoms with E-state index in [1.54, 1.807) is 29.2 Å². The first kappa shape index (κ1) is 22.0. The zero-order valence-corrected chi connectivity index (χ0v) is 19.7. The Morgan fingerprint density at radius 3 is 2.92 bits per heavy atom. The molecule has 0 saturated heterocycles. The molecular weight excluding hydrogens is 465 g/mol. The number of rotatable bonds is 6. The number of fused-ring (bicyclic) bond motifs is 3. The quantitative estimate of drug-likeness (QED) is 0.364. The Morgan fingerprint density at radius 1 is 1.17 bits per heavy atom. The van der Waals surface area contributed by atoms with Crippen LogP contribution in [-0.2, 0) is 28.9 Å². The van der Waals surface area contributed by atoms with E-state index in [1.165, 1.54) is 13.2 Å². The first-order chi connectivity index (χ1) is 17.5. The number of ether oxygens (including phenoxy) is 2. The number of imidazole rings is 1. The summed E-state index contributed by atoms with van der Waals surface area (Å²) in [5.74, 6) is 0.575. The van der Waals surface area contributed by atoms with Crippen LogP contribution in [0, 0.1) is 12.7 Å². The van der Waals surface area contributed by atoms with Crippen LogP contribution in [0.1, 0.15) is 22.5 Å². The van der Waals surface area contributed by atoms with Crippen molar-refractivity contribution < 1.29 is 18.7 Å². The van der Waals surface area contributed by atoms with Crippen LogP contribution in [0.3, 0.4) is 0 Å². The van der Waals surface area contributed by atoms with E-state index in [0.717, 1.165) is 33.8 Å². The summed E-state index contributed by atoms with van der Waals surface area (Å²) in [4.78, 5) is 21.1. The number of nitrogens with one attached hydrogen (secondary N) is 1. The van der Waals surface area contributed by atoms with Crippen LogP contribution in [0.2, 0.25) is 0 Å². The van der Waals surface area contributed by atoms with Gasteiger partial charge in [-0.15, -0.1) is 10.2 Å². The number of aromatic nitrogens is 6. The number of methoxy groups -OCH3 is 1. The number of hydrogen-bond acceptors (Lipinski definition) is 8. The Hall–Kier alpha value is -4.54. The normalized spacial score (nSPS) is 12.6. The number of carbonyl (C=O) groups is 1. The van der Waals surface area contributed by atoms with E-state index < -0.39 is 0 Å².